The van der Waals surface area contributed by atoms with E-state index in [0.717, 1.165) is 11.3 Å². The van der Waals surface area contributed by atoms with E-state index >= 15 is 0 Å². The maximum Gasteiger partial charge on any atom is 0.351 e. The highest BCUT2D eigenvalue weighted by atomic mass is 16.5. The number of carbonyl (C=O) groups excluding carboxylic acids is 2. The van der Waals surface area contributed by atoms with Crippen molar-refractivity contribution in [1.82, 2.24) is 0 Å². The molecular formula is C29H36O7. The first-order chi connectivity index (χ1) is 16.9. The van der Waals surface area contributed by atoms with Crippen LogP contribution in [0, 0.1) is 5.41 Å². The van der Waals surface area contributed by atoms with Crippen molar-refractivity contribution in [3.63, 3.8) is 0 Å². The van der Waals surface area contributed by atoms with Crippen LogP contribution < -0.4 is 10.4 Å². The van der Waals surface area contributed by atoms with Gasteiger partial charge in [0.25, 0.3) is 0 Å². The van der Waals surface area contributed by atoms with E-state index in [2.05, 4.69) is 25.5 Å². The molecule has 2 rings (SSSR count). The van der Waals surface area contributed by atoms with Crippen molar-refractivity contribution in [1.29, 1.82) is 0 Å². The highest BCUT2D eigenvalue weighted by Crippen LogP contribution is 2.26. The van der Waals surface area contributed by atoms with Gasteiger partial charge in [0.2, 0.25) is 0 Å². The second-order valence-corrected chi connectivity index (χ2v) is 10.0. The third-order valence-corrected chi connectivity index (χ3v) is 5.40. The molecule has 36 heavy (non-hydrogen) atoms. The molecule has 0 bridgehead atoms. The zero-order valence-corrected chi connectivity index (χ0v) is 21.9. The SMILES string of the molecule is COC(=O)C/C=C/CCC(C)c1cc(O)c(C(=O)C(C)=Cc2ccc(OCC(C)(C)C)cc2)c(=O)o1. The summed E-state index contributed by atoms with van der Waals surface area (Å²) in [5.74, 6) is -0.471. The largest absolute Gasteiger partial charge is 0.507 e. The van der Waals surface area contributed by atoms with Gasteiger partial charge in [-0.1, -0.05) is 52.0 Å². The maximum absolute atomic E-state index is 12.9. The molecule has 7 heteroatoms. The van der Waals surface area contributed by atoms with Crippen LogP contribution in [0.15, 0.2) is 57.3 Å². The Bertz CT molecular complexity index is 1160. The summed E-state index contributed by atoms with van der Waals surface area (Å²) in [5, 5.41) is 10.5. The van der Waals surface area contributed by atoms with Crippen LogP contribution in [-0.4, -0.2) is 30.6 Å². The van der Waals surface area contributed by atoms with Gasteiger partial charge in [0, 0.05) is 12.0 Å². The van der Waals surface area contributed by atoms with Crippen LogP contribution >= 0.6 is 0 Å². The first-order valence-electron chi connectivity index (χ1n) is 12.0. The number of aromatic hydroxyl groups is 1. The van der Waals surface area contributed by atoms with Gasteiger partial charge in [0.15, 0.2) is 5.78 Å². The molecule has 0 fully saturated rings. The zero-order chi connectivity index (χ0) is 26.9. The Labute approximate surface area is 212 Å². The average Bonchev–Trinajstić information content (AvgIpc) is 2.81. The van der Waals surface area contributed by atoms with E-state index in [0.29, 0.717) is 25.2 Å². The molecule has 194 valence electrons. The second-order valence-electron chi connectivity index (χ2n) is 10.0. The van der Waals surface area contributed by atoms with E-state index in [1.54, 1.807) is 19.1 Å². The lowest BCUT2D eigenvalue weighted by molar-refractivity contribution is -0.139. The molecule has 1 aromatic carbocycles. The minimum absolute atomic E-state index is 0.0424. The molecule has 1 unspecified atom stereocenters. The summed E-state index contributed by atoms with van der Waals surface area (Å²) >= 11 is 0. The van der Waals surface area contributed by atoms with Crippen LogP contribution in [0.4, 0.5) is 0 Å². The molecule has 0 aliphatic carbocycles. The standard InChI is InChI=1S/C29H36O7/c1-19(10-8-7-9-11-25(31)34-6)24-17-23(30)26(28(33)36-24)27(32)20(2)16-21-12-14-22(15-13-21)35-18-29(3,4)5/h7,9,12-17,19,30H,8,10-11,18H2,1-6H3/b9-7+,20-16?. The van der Waals surface area contributed by atoms with Crippen molar-refractivity contribution in [3.05, 3.63) is 75.4 Å². The number of ether oxygens (including phenoxy) is 2. The molecule has 2 aromatic rings. The van der Waals surface area contributed by atoms with E-state index in [9.17, 15) is 19.5 Å². The van der Waals surface area contributed by atoms with Gasteiger partial charge in [-0.25, -0.2) is 4.79 Å². The van der Waals surface area contributed by atoms with Crippen molar-refractivity contribution >= 4 is 17.8 Å². The topological polar surface area (TPSA) is 103 Å². The number of Topliss-reactive ketones (excluding diaryl/α,β-unsaturated/α-hetero) is 1. The maximum atomic E-state index is 12.9. The molecule has 1 N–H and O–H groups in total. The molecule has 1 atom stereocenters. The molecule has 1 aromatic heterocycles. The van der Waals surface area contributed by atoms with Gasteiger partial charge in [-0.15, -0.1) is 0 Å². The zero-order valence-electron chi connectivity index (χ0n) is 21.9. The Morgan fingerprint density at radius 2 is 1.81 bits per heavy atom. The molecular weight excluding hydrogens is 460 g/mol. The summed E-state index contributed by atoms with van der Waals surface area (Å²) in [6, 6.07) is 8.61. The highest BCUT2D eigenvalue weighted by molar-refractivity contribution is 6.12. The predicted octanol–water partition coefficient (Wildman–Crippen LogP) is 6.06. The summed E-state index contributed by atoms with van der Waals surface area (Å²) in [5.41, 5.74) is -0.166. The fourth-order valence-electron chi connectivity index (χ4n) is 3.29. The number of methoxy groups -OCH3 is 1. The number of benzene rings is 1. The Kier molecular flexibility index (Phi) is 10.3. The fraction of sp³-hybridized carbons (Fsp3) is 0.414. The van der Waals surface area contributed by atoms with Crippen molar-refractivity contribution in [3.8, 4) is 11.5 Å². The van der Waals surface area contributed by atoms with Crippen LogP contribution in [0.3, 0.4) is 0 Å². The van der Waals surface area contributed by atoms with E-state index in [1.807, 2.05) is 37.3 Å². The van der Waals surface area contributed by atoms with E-state index in [4.69, 9.17) is 9.15 Å². The summed E-state index contributed by atoms with van der Waals surface area (Å²) < 4.78 is 15.7. The number of carbonyl (C=O) groups is 2. The van der Waals surface area contributed by atoms with Crippen molar-refractivity contribution in [2.45, 2.75) is 59.8 Å². The second kappa shape index (κ2) is 12.9. The van der Waals surface area contributed by atoms with E-state index < -0.39 is 17.2 Å². The minimum atomic E-state index is -0.873. The average molecular weight is 497 g/mol. The molecule has 1 heterocycles. The lowest BCUT2D eigenvalue weighted by Gasteiger charge is -2.18. The smallest absolute Gasteiger partial charge is 0.351 e. The molecule has 0 aliphatic rings. The third kappa shape index (κ3) is 8.87. The Morgan fingerprint density at radius 1 is 1.14 bits per heavy atom. The van der Waals surface area contributed by atoms with E-state index in [1.165, 1.54) is 13.2 Å². The summed E-state index contributed by atoms with van der Waals surface area (Å²) in [6.07, 6.45) is 6.68. The molecule has 0 spiro atoms. The van der Waals surface area contributed by atoms with Gasteiger partial charge in [0.1, 0.15) is 22.8 Å². The first-order valence-corrected chi connectivity index (χ1v) is 12.0. The fourth-order valence-corrected chi connectivity index (χ4v) is 3.29. The van der Waals surface area contributed by atoms with Crippen LogP contribution in [0.5, 0.6) is 11.5 Å². The van der Waals surface area contributed by atoms with Gasteiger partial charge in [-0.2, -0.15) is 0 Å². The molecule has 0 aliphatic heterocycles. The summed E-state index contributed by atoms with van der Waals surface area (Å²) in [6.45, 7) is 10.3. The van der Waals surface area contributed by atoms with Gasteiger partial charge in [-0.3, -0.25) is 9.59 Å². The number of ketones is 1. The Morgan fingerprint density at radius 3 is 2.39 bits per heavy atom. The first kappa shape index (κ1) is 28.6. The normalized spacial score (nSPS) is 13.0. The molecule has 0 saturated carbocycles. The Hall–Kier alpha value is -3.61. The van der Waals surface area contributed by atoms with Crippen LogP contribution in [-0.2, 0) is 9.53 Å². The lowest BCUT2D eigenvalue weighted by atomic mass is 9.98. The van der Waals surface area contributed by atoms with Crippen molar-refractivity contribution < 1.29 is 28.6 Å². The summed E-state index contributed by atoms with van der Waals surface area (Å²) in [7, 11) is 1.33. The minimum Gasteiger partial charge on any atom is -0.507 e. The van der Waals surface area contributed by atoms with Crippen molar-refractivity contribution in [2.75, 3.05) is 13.7 Å². The van der Waals surface area contributed by atoms with Gasteiger partial charge in [0.05, 0.1) is 20.1 Å². The summed E-state index contributed by atoms with van der Waals surface area (Å²) in [4.78, 5) is 36.6. The highest BCUT2D eigenvalue weighted by Gasteiger charge is 2.22. The lowest BCUT2D eigenvalue weighted by Crippen LogP contribution is -2.17. The molecule has 7 nitrogen and oxygen atoms in total. The monoisotopic (exact) mass is 496 g/mol. The van der Waals surface area contributed by atoms with Crippen LogP contribution in [0.25, 0.3) is 6.08 Å². The molecule has 0 radical (unpaired) electrons. The van der Waals surface area contributed by atoms with Crippen LogP contribution in [0.2, 0.25) is 0 Å². The Balaban J connectivity index is 2.08. The van der Waals surface area contributed by atoms with Crippen LogP contribution in [0.1, 0.15) is 81.5 Å². The van der Waals surface area contributed by atoms with Crippen molar-refractivity contribution in [2.24, 2.45) is 5.41 Å². The number of allylic oxidation sites excluding steroid dienone is 2. The van der Waals surface area contributed by atoms with Gasteiger partial charge >= 0.3 is 11.6 Å². The predicted molar refractivity (Wildman–Crippen MR) is 139 cm³/mol. The molecule has 0 saturated heterocycles. The number of esters is 1. The number of hydrogen-bond acceptors (Lipinski definition) is 7. The van der Waals surface area contributed by atoms with Gasteiger partial charge in [-0.05, 0) is 54.5 Å². The quantitative estimate of drug-likeness (QED) is 0.175. The van der Waals surface area contributed by atoms with E-state index in [-0.39, 0.29) is 34.9 Å². The third-order valence-electron chi connectivity index (χ3n) is 5.40. The number of hydrogen-bond donors (Lipinski definition) is 1. The number of rotatable bonds is 11. The molecule has 0 amide bonds. The van der Waals surface area contributed by atoms with Gasteiger partial charge < -0.3 is 19.0 Å².